The number of carbonyl (C=O) groups is 1. The number of amides is 1. The smallest absolute Gasteiger partial charge is 0.258 e. The largest absolute Gasteiger partial charge is 0.492 e. The van der Waals surface area contributed by atoms with Crippen molar-refractivity contribution in [3.05, 3.63) is 78.0 Å². The molecule has 0 radical (unpaired) electrons. The maximum atomic E-state index is 12.9. The van der Waals surface area contributed by atoms with E-state index < -0.39 is 6.17 Å². The van der Waals surface area contributed by atoms with Gasteiger partial charge >= 0.3 is 0 Å². The Kier molecular flexibility index (Phi) is 4.31. The van der Waals surface area contributed by atoms with Crippen LogP contribution in [0.3, 0.4) is 0 Å². The van der Waals surface area contributed by atoms with Crippen molar-refractivity contribution in [2.45, 2.75) is 19.6 Å². The Labute approximate surface area is 151 Å². The van der Waals surface area contributed by atoms with Crippen LogP contribution in [0.4, 0.5) is 5.69 Å². The number of pyridine rings is 1. The van der Waals surface area contributed by atoms with E-state index in [0.29, 0.717) is 24.4 Å². The van der Waals surface area contributed by atoms with E-state index >= 15 is 0 Å². The zero-order valence-electron chi connectivity index (χ0n) is 14.4. The maximum Gasteiger partial charge on any atom is 0.258 e. The summed E-state index contributed by atoms with van der Waals surface area (Å²) in [4.78, 5) is 19.1. The molecule has 132 valence electrons. The number of para-hydroxylation sites is 2. The van der Waals surface area contributed by atoms with Crippen molar-refractivity contribution in [2.24, 2.45) is 0 Å². The number of fused-ring (bicyclic) bond motifs is 1. The van der Waals surface area contributed by atoms with Gasteiger partial charge in [0.15, 0.2) is 0 Å². The number of hydrogen-bond acceptors (Lipinski definition) is 5. The molecule has 6 nitrogen and oxygen atoms in total. The van der Waals surface area contributed by atoms with E-state index in [9.17, 15) is 4.79 Å². The zero-order valence-corrected chi connectivity index (χ0v) is 14.4. The Bertz CT molecular complexity index is 908. The van der Waals surface area contributed by atoms with Crippen molar-refractivity contribution >= 4 is 11.6 Å². The van der Waals surface area contributed by atoms with Gasteiger partial charge in [-0.3, -0.25) is 9.78 Å². The van der Waals surface area contributed by atoms with Gasteiger partial charge < -0.3 is 19.4 Å². The first-order valence-corrected chi connectivity index (χ1v) is 8.54. The van der Waals surface area contributed by atoms with Crippen LogP contribution in [0.25, 0.3) is 0 Å². The number of hydrogen-bond donors (Lipinski definition) is 1. The van der Waals surface area contributed by atoms with Gasteiger partial charge in [0, 0.05) is 6.20 Å². The summed E-state index contributed by atoms with van der Waals surface area (Å²) in [6.45, 7) is 2.86. The molecule has 6 heteroatoms. The summed E-state index contributed by atoms with van der Waals surface area (Å²) in [7, 11) is 0. The van der Waals surface area contributed by atoms with Crippen molar-refractivity contribution in [3.8, 4) is 5.75 Å². The minimum atomic E-state index is -0.398. The molecule has 3 heterocycles. The number of nitrogens with zero attached hydrogens (tertiary/aromatic N) is 2. The van der Waals surface area contributed by atoms with E-state index in [1.807, 2.05) is 43.3 Å². The van der Waals surface area contributed by atoms with Gasteiger partial charge in [-0.1, -0.05) is 12.1 Å². The third-order valence-electron chi connectivity index (χ3n) is 4.29. The van der Waals surface area contributed by atoms with Crippen molar-refractivity contribution in [1.82, 2.24) is 9.88 Å². The molecule has 0 bridgehead atoms. The molecule has 1 unspecified atom stereocenters. The van der Waals surface area contributed by atoms with Crippen molar-refractivity contribution in [1.29, 1.82) is 0 Å². The number of benzene rings is 1. The molecule has 3 aromatic rings. The van der Waals surface area contributed by atoms with Gasteiger partial charge in [-0.05, 0) is 43.3 Å². The second-order valence-electron chi connectivity index (χ2n) is 5.92. The lowest BCUT2D eigenvalue weighted by atomic mass is 10.2. The van der Waals surface area contributed by atoms with Gasteiger partial charge in [0.05, 0.1) is 36.4 Å². The normalized spacial score (nSPS) is 15.8. The first-order chi connectivity index (χ1) is 12.8. The third-order valence-corrected chi connectivity index (χ3v) is 4.29. The summed E-state index contributed by atoms with van der Waals surface area (Å²) in [5.41, 5.74) is 2.12. The predicted molar refractivity (Wildman–Crippen MR) is 96.8 cm³/mol. The quantitative estimate of drug-likeness (QED) is 0.732. The van der Waals surface area contributed by atoms with Crippen LogP contribution in [0.5, 0.6) is 5.75 Å². The monoisotopic (exact) mass is 349 g/mol. The van der Waals surface area contributed by atoms with Crippen LogP contribution in [-0.2, 0) is 6.54 Å². The van der Waals surface area contributed by atoms with Crippen molar-refractivity contribution in [3.63, 3.8) is 0 Å². The summed E-state index contributed by atoms with van der Waals surface area (Å²) >= 11 is 0. The first-order valence-electron chi connectivity index (χ1n) is 8.54. The fraction of sp³-hybridized carbons (Fsp3) is 0.200. The predicted octanol–water partition coefficient (Wildman–Crippen LogP) is 3.84. The maximum absolute atomic E-state index is 12.9. The molecular weight excluding hydrogens is 330 g/mol. The second-order valence-corrected chi connectivity index (χ2v) is 5.92. The Morgan fingerprint density at radius 3 is 2.88 bits per heavy atom. The fourth-order valence-electron chi connectivity index (χ4n) is 3.13. The van der Waals surface area contributed by atoms with E-state index in [2.05, 4.69) is 10.3 Å². The lowest BCUT2D eigenvalue weighted by Gasteiger charge is -2.26. The Balaban J connectivity index is 1.70. The minimum Gasteiger partial charge on any atom is -0.492 e. The topological polar surface area (TPSA) is 67.6 Å². The Morgan fingerprint density at radius 1 is 1.19 bits per heavy atom. The van der Waals surface area contributed by atoms with Crippen molar-refractivity contribution < 1.29 is 13.9 Å². The van der Waals surface area contributed by atoms with Crippen molar-refractivity contribution in [2.75, 3.05) is 11.9 Å². The van der Waals surface area contributed by atoms with Crippen LogP contribution in [0.1, 0.15) is 34.9 Å². The van der Waals surface area contributed by atoms with Gasteiger partial charge in [-0.2, -0.15) is 0 Å². The summed E-state index contributed by atoms with van der Waals surface area (Å²) in [6, 6.07) is 14.9. The molecule has 0 spiro atoms. The SMILES string of the molecule is CCOc1ccccc1NC1c2ncccc2C(=O)N1Cc1ccco1. The molecule has 0 saturated carbocycles. The standard InChI is InChI=1S/C20H19N3O3/c1-2-25-17-10-4-3-9-16(17)22-19-18-15(8-5-11-21-18)20(24)23(19)13-14-7-6-12-26-14/h3-12,19,22H,2,13H2,1H3. The molecule has 4 rings (SSSR count). The van der Waals surface area contributed by atoms with Crippen LogP contribution in [0.2, 0.25) is 0 Å². The van der Waals surface area contributed by atoms with Gasteiger partial charge in [0.1, 0.15) is 17.7 Å². The molecular formula is C20H19N3O3. The molecule has 0 saturated heterocycles. The van der Waals surface area contributed by atoms with Crippen LogP contribution < -0.4 is 10.1 Å². The van der Waals surface area contributed by atoms with Gasteiger partial charge in [-0.15, -0.1) is 0 Å². The number of furan rings is 1. The number of ether oxygens (including phenoxy) is 1. The highest BCUT2D eigenvalue weighted by Gasteiger charge is 2.38. The summed E-state index contributed by atoms with van der Waals surface area (Å²) < 4.78 is 11.1. The van der Waals surface area contributed by atoms with E-state index in [-0.39, 0.29) is 5.91 Å². The highest BCUT2D eigenvalue weighted by molar-refractivity contribution is 5.98. The van der Waals surface area contributed by atoms with Crippen LogP contribution in [0.15, 0.2) is 65.4 Å². The molecule has 1 aliphatic rings. The number of anilines is 1. The molecule has 1 atom stereocenters. The lowest BCUT2D eigenvalue weighted by Crippen LogP contribution is -2.32. The molecule has 1 amide bonds. The molecule has 0 fully saturated rings. The van der Waals surface area contributed by atoms with Crippen LogP contribution >= 0.6 is 0 Å². The minimum absolute atomic E-state index is 0.0732. The van der Waals surface area contributed by atoms with Gasteiger partial charge in [0.2, 0.25) is 0 Å². The highest BCUT2D eigenvalue weighted by atomic mass is 16.5. The molecule has 0 aliphatic carbocycles. The van der Waals surface area contributed by atoms with Gasteiger partial charge in [-0.25, -0.2) is 0 Å². The average molecular weight is 349 g/mol. The average Bonchev–Trinajstić information content (AvgIpc) is 3.27. The van der Waals surface area contributed by atoms with Crippen LogP contribution in [0, 0.1) is 0 Å². The number of carbonyl (C=O) groups excluding carboxylic acids is 1. The van der Waals surface area contributed by atoms with E-state index in [1.165, 1.54) is 0 Å². The third kappa shape index (κ3) is 2.90. The molecule has 1 aromatic carbocycles. The number of aromatic nitrogens is 1. The summed E-state index contributed by atoms with van der Waals surface area (Å²) in [6.07, 6.45) is 2.91. The molecule has 2 aromatic heterocycles. The van der Waals surface area contributed by atoms with Gasteiger partial charge in [0.25, 0.3) is 5.91 Å². The molecule has 26 heavy (non-hydrogen) atoms. The lowest BCUT2D eigenvalue weighted by molar-refractivity contribution is 0.0714. The van der Waals surface area contributed by atoms with E-state index in [4.69, 9.17) is 9.15 Å². The zero-order chi connectivity index (χ0) is 17.9. The Morgan fingerprint density at radius 2 is 2.08 bits per heavy atom. The van der Waals surface area contributed by atoms with E-state index in [0.717, 1.165) is 17.2 Å². The molecule has 1 N–H and O–H groups in total. The highest BCUT2D eigenvalue weighted by Crippen LogP contribution is 2.36. The fourth-order valence-corrected chi connectivity index (χ4v) is 3.13. The summed E-state index contributed by atoms with van der Waals surface area (Å²) in [5.74, 6) is 1.39. The van der Waals surface area contributed by atoms with Crippen LogP contribution in [-0.4, -0.2) is 22.4 Å². The number of rotatable bonds is 6. The summed E-state index contributed by atoms with van der Waals surface area (Å²) in [5, 5.41) is 3.42. The first kappa shape index (κ1) is 16.2. The van der Waals surface area contributed by atoms with E-state index in [1.54, 1.807) is 29.5 Å². The molecule has 1 aliphatic heterocycles. The number of nitrogens with one attached hydrogen (secondary N) is 1. The Hall–Kier alpha value is -3.28. The second kappa shape index (κ2) is 6.92.